The second kappa shape index (κ2) is 6.25. The summed E-state index contributed by atoms with van der Waals surface area (Å²) in [5.41, 5.74) is 1.35. The number of benzene rings is 2. The lowest BCUT2D eigenvalue weighted by Gasteiger charge is -2.36. The van der Waals surface area contributed by atoms with Crippen molar-refractivity contribution in [3.05, 3.63) is 64.1 Å². The van der Waals surface area contributed by atoms with Crippen LogP contribution < -0.4 is 5.32 Å². The number of likely N-dealkylation sites (tertiary alicyclic amines) is 1. The van der Waals surface area contributed by atoms with E-state index in [0.717, 1.165) is 40.7 Å². The molecule has 4 aliphatic heterocycles. The highest BCUT2D eigenvalue weighted by molar-refractivity contribution is 9.10. The molecular formula is C23H20BrN3O3. The van der Waals surface area contributed by atoms with Crippen molar-refractivity contribution in [2.45, 2.75) is 31.0 Å². The third-order valence-electron chi connectivity index (χ3n) is 7.23. The number of carbonyl (C=O) groups is 3. The summed E-state index contributed by atoms with van der Waals surface area (Å²) in [5, 5.41) is 3.00. The molecule has 7 heteroatoms. The van der Waals surface area contributed by atoms with Gasteiger partial charge >= 0.3 is 0 Å². The predicted octanol–water partition coefficient (Wildman–Crippen LogP) is 2.88. The number of imide groups is 1. The zero-order valence-electron chi connectivity index (χ0n) is 16.2. The molecule has 4 aliphatic rings. The lowest BCUT2D eigenvalue weighted by Crippen LogP contribution is -2.54. The fraction of sp³-hybridized carbons (Fsp3) is 0.348. The van der Waals surface area contributed by atoms with E-state index in [1.54, 1.807) is 0 Å². The monoisotopic (exact) mass is 465 g/mol. The van der Waals surface area contributed by atoms with Crippen molar-refractivity contribution in [2.24, 2.45) is 11.8 Å². The van der Waals surface area contributed by atoms with Crippen molar-refractivity contribution in [1.82, 2.24) is 9.80 Å². The van der Waals surface area contributed by atoms with Crippen LogP contribution in [0.1, 0.15) is 24.0 Å². The summed E-state index contributed by atoms with van der Waals surface area (Å²) < 4.78 is 0.856. The molecular weight excluding hydrogens is 446 g/mol. The minimum atomic E-state index is -1.11. The molecule has 4 atom stereocenters. The first-order chi connectivity index (χ1) is 14.5. The van der Waals surface area contributed by atoms with Crippen LogP contribution in [0.15, 0.2) is 53.0 Å². The van der Waals surface area contributed by atoms with E-state index in [1.807, 2.05) is 48.5 Å². The minimum absolute atomic E-state index is 0.0806. The van der Waals surface area contributed by atoms with Gasteiger partial charge in [0.05, 0.1) is 18.4 Å². The summed E-state index contributed by atoms with van der Waals surface area (Å²) in [6.07, 6.45) is 1.75. The largest absolute Gasteiger partial charge is 0.324 e. The molecule has 0 saturated carbocycles. The Hall–Kier alpha value is -2.51. The Labute approximate surface area is 182 Å². The Bertz CT molecular complexity index is 1100. The molecule has 3 fully saturated rings. The zero-order valence-corrected chi connectivity index (χ0v) is 17.8. The van der Waals surface area contributed by atoms with Crippen molar-refractivity contribution in [3.8, 4) is 0 Å². The highest BCUT2D eigenvalue weighted by Gasteiger charge is 2.74. The number of halogens is 1. The van der Waals surface area contributed by atoms with Crippen molar-refractivity contribution < 1.29 is 14.4 Å². The van der Waals surface area contributed by atoms with E-state index in [-0.39, 0.29) is 30.3 Å². The van der Waals surface area contributed by atoms with Gasteiger partial charge in [0.25, 0.3) is 0 Å². The van der Waals surface area contributed by atoms with Gasteiger partial charge in [-0.05, 0) is 43.1 Å². The molecule has 0 aliphatic carbocycles. The van der Waals surface area contributed by atoms with Gasteiger partial charge in [0, 0.05) is 21.8 Å². The molecule has 3 amide bonds. The molecule has 6 nitrogen and oxygen atoms in total. The van der Waals surface area contributed by atoms with Crippen LogP contribution >= 0.6 is 15.9 Å². The van der Waals surface area contributed by atoms with E-state index < -0.39 is 17.4 Å². The fourth-order valence-electron chi connectivity index (χ4n) is 6.16. The van der Waals surface area contributed by atoms with E-state index in [9.17, 15) is 14.4 Å². The van der Waals surface area contributed by atoms with Crippen molar-refractivity contribution in [2.75, 3.05) is 11.9 Å². The SMILES string of the molecule is O=C1[C@@H]2[C@@H]3CCCN3[C@@]3(C(=O)Nc4ccc(Br)cc43)[C@H]2C(=O)N1Cc1ccccc1. The molecule has 30 heavy (non-hydrogen) atoms. The molecule has 4 heterocycles. The van der Waals surface area contributed by atoms with E-state index >= 15 is 0 Å². The smallest absolute Gasteiger partial charge is 0.250 e. The van der Waals surface area contributed by atoms with Gasteiger partial charge in [-0.2, -0.15) is 0 Å². The molecule has 0 bridgehead atoms. The van der Waals surface area contributed by atoms with Gasteiger partial charge in [-0.1, -0.05) is 46.3 Å². The van der Waals surface area contributed by atoms with Gasteiger partial charge in [0.15, 0.2) is 0 Å². The second-order valence-electron chi connectivity index (χ2n) is 8.57. The molecule has 0 aromatic heterocycles. The number of fused-ring (bicyclic) bond motifs is 7. The van der Waals surface area contributed by atoms with Crippen LogP contribution in [-0.2, 0) is 26.5 Å². The molecule has 1 N–H and O–H groups in total. The maximum atomic E-state index is 13.7. The normalized spacial score (nSPS) is 32.0. The van der Waals surface area contributed by atoms with Crippen molar-refractivity contribution in [3.63, 3.8) is 0 Å². The third kappa shape index (κ3) is 2.14. The topological polar surface area (TPSA) is 69.7 Å². The number of nitrogens with one attached hydrogen (secondary N) is 1. The molecule has 1 spiro atoms. The van der Waals surface area contributed by atoms with E-state index in [2.05, 4.69) is 26.1 Å². The van der Waals surface area contributed by atoms with Gasteiger partial charge in [0.2, 0.25) is 17.7 Å². The fourth-order valence-corrected chi connectivity index (χ4v) is 6.52. The van der Waals surface area contributed by atoms with Gasteiger partial charge in [0.1, 0.15) is 5.54 Å². The van der Waals surface area contributed by atoms with Crippen LogP contribution in [0.3, 0.4) is 0 Å². The molecule has 2 aromatic rings. The number of hydrogen-bond donors (Lipinski definition) is 1. The number of carbonyl (C=O) groups excluding carboxylic acids is 3. The molecule has 152 valence electrons. The van der Waals surface area contributed by atoms with Crippen LogP contribution in [0, 0.1) is 11.8 Å². The Morgan fingerprint density at radius 1 is 1.07 bits per heavy atom. The first-order valence-electron chi connectivity index (χ1n) is 10.3. The predicted molar refractivity (Wildman–Crippen MR) is 113 cm³/mol. The second-order valence-corrected chi connectivity index (χ2v) is 9.48. The van der Waals surface area contributed by atoms with Crippen LogP contribution in [0.25, 0.3) is 0 Å². The average molecular weight is 466 g/mol. The zero-order chi connectivity index (χ0) is 20.6. The van der Waals surface area contributed by atoms with E-state index in [1.165, 1.54) is 4.90 Å². The maximum absolute atomic E-state index is 13.7. The standard InChI is InChI=1S/C23H20BrN3O3/c24-14-8-9-16-15(11-14)23(22(30)25-16)19-18(17-7-4-10-27(17)23)20(28)26(21(19)29)12-13-5-2-1-3-6-13/h1-3,5-6,8-9,11,17-19H,4,7,10,12H2,(H,25,30)/t17-,18+,19+,23+/m0/s1. The summed E-state index contributed by atoms with van der Waals surface area (Å²) in [7, 11) is 0. The molecule has 0 radical (unpaired) electrons. The number of hydrogen-bond acceptors (Lipinski definition) is 4. The van der Waals surface area contributed by atoms with Crippen LogP contribution in [-0.4, -0.2) is 40.1 Å². The summed E-state index contributed by atoms with van der Waals surface area (Å²) in [6.45, 7) is 0.970. The van der Waals surface area contributed by atoms with Crippen LogP contribution in [0.5, 0.6) is 0 Å². The Morgan fingerprint density at radius 3 is 2.67 bits per heavy atom. The first kappa shape index (κ1) is 18.3. The summed E-state index contributed by atoms with van der Waals surface area (Å²) in [4.78, 5) is 44.3. The third-order valence-corrected chi connectivity index (χ3v) is 7.72. The van der Waals surface area contributed by atoms with Gasteiger partial charge in [-0.15, -0.1) is 0 Å². The Kier molecular flexibility index (Phi) is 3.81. The van der Waals surface area contributed by atoms with Gasteiger partial charge in [-0.3, -0.25) is 24.2 Å². The summed E-state index contributed by atoms with van der Waals surface area (Å²) in [5.74, 6) is -1.71. The van der Waals surface area contributed by atoms with Crippen LogP contribution in [0.2, 0.25) is 0 Å². The highest BCUT2D eigenvalue weighted by Crippen LogP contribution is 2.60. The molecule has 2 aromatic carbocycles. The van der Waals surface area contributed by atoms with Crippen LogP contribution in [0.4, 0.5) is 5.69 Å². The lowest BCUT2D eigenvalue weighted by atomic mass is 9.75. The molecule has 0 unspecified atom stereocenters. The number of nitrogens with zero attached hydrogens (tertiary/aromatic N) is 2. The Balaban J connectivity index is 1.50. The maximum Gasteiger partial charge on any atom is 0.250 e. The Morgan fingerprint density at radius 2 is 1.87 bits per heavy atom. The number of anilines is 1. The quantitative estimate of drug-likeness (QED) is 0.692. The summed E-state index contributed by atoms with van der Waals surface area (Å²) in [6, 6.07) is 15.2. The van der Waals surface area contributed by atoms with Gasteiger partial charge < -0.3 is 5.32 Å². The van der Waals surface area contributed by atoms with Gasteiger partial charge in [-0.25, -0.2) is 0 Å². The summed E-state index contributed by atoms with van der Waals surface area (Å²) >= 11 is 3.52. The average Bonchev–Trinajstić information content (AvgIpc) is 3.44. The molecule has 3 saturated heterocycles. The lowest BCUT2D eigenvalue weighted by molar-refractivity contribution is -0.146. The first-order valence-corrected chi connectivity index (χ1v) is 11.1. The highest BCUT2D eigenvalue weighted by atomic mass is 79.9. The van der Waals surface area contributed by atoms with E-state index in [4.69, 9.17) is 0 Å². The van der Waals surface area contributed by atoms with Crippen molar-refractivity contribution in [1.29, 1.82) is 0 Å². The molecule has 6 rings (SSSR count). The number of amides is 3. The van der Waals surface area contributed by atoms with Crippen molar-refractivity contribution >= 4 is 39.3 Å². The minimum Gasteiger partial charge on any atom is -0.324 e. The van der Waals surface area contributed by atoms with E-state index in [0.29, 0.717) is 0 Å². The number of rotatable bonds is 2.